The summed E-state index contributed by atoms with van der Waals surface area (Å²) in [7, 11) is 1.62. The fourth-order valence-electron chi connectivity index (χ4n) is 3.30. The maximum Gasteiger partial charge on any atom is 0.290 e. The fraction of sp³-hybridized carbons (Fsp3) is 0.400. The quantitative estimate of drug-likeness (QED) is 0.667. The molecule has 1 fully saturated rings. The zero-order chi connectivity index (χ0) is 19.5. The van der Waals surface area contributed by atoms with Crippen LogP contribution in [0.5, 0.6) is 0 Å². The van der Waals surface area contributed by atoms with Crippen molar-refractivity contribution in [3.63, 3.8) is 0 Å². The molecular formula is C20H22N4O4. The summed E-state index contributed by atoms with van der Waals surface area (Å²) in [5.41, 5.74) is 1.54. The van der Waals surface area contributed by atoms with Gasteiger partial charge in [0.2, 0.25) is 17.5 Å². The lowest BCUT2D eigenvalue weighted by atomic mass is 9.80. The van der Waals surface area contributed by atoms with Crippen LogP contribution in [0.15, 0.2) is 45.3 Å². The third-order valence-corrected chi connectivity index (χ3v) is 5.01. The number of carbonyl (C=O) groups is 1. The molecule has 3 aromatic rings. The summed E-state index contributed by atoms with van der Waals surface area (Å²) in [5, 5.41) is 15.1. The van der Waals surface area contributed by atoms with E-state index in [0.717, 1.165) is 24.8 Å². The summed E-state index contributed by atoms with van der Waals surface area (Å²) in [6.07, 6.45) is 2.08. The molecule has 8 heteroatoms. The molecule has 1 unspecified atom stereocenters. The second-order valence-electron chi connectivity index (χ2n) is 6.89. The molecule has 0 spiro atoms. The van der Waals surface area contributed by atoms with Gasteiger partial charge in [0.15, 0.2) is 0 Å². The molecule has 146 valence electrons. The average molecular weight is 382 g/mol. The third-order valence-electron chi connectivity index (χ3n) is 5.01. The smallest absolute Gasteiger partial charge is 0.290 e. The highest BCUT2D eigenvalue weighted by atomic mass is 16.5. The van der Waals surface area contributed by atoms with Crippen LogP contribution < -0.4 is 5.32 Å². The van der Waals surface area contributed by atoms with Gasteiger partial charge in [0.25, 0.3) is 5.91 Å². The monoisotopic (exact) mass is 382 g/mol. The summed E-state index contributed by atoms with van der Waals surface area (Å²) in [6.45, 7) is 2.00. The van der Waals surface area contributed by atoms with Crippen molar-refractivity contribution in [1.82, 2.24) is 20.7 Å². The number of rotatable bonds is 7. The molecule has 1 saturated carbocycles. The molecule has 2 aromatic heterocycles. The van der Waals surface area contributed by atoms with E-state index >= 15 is 0 Å². The van der Waals surface area contributed by atoms with Crippen LogP contribution in [0.1, 0.15) is 60.5 Å². The van der Waals surface area contributed by atoms with Crippen LogP contribution in [-0.2, 0) is 4.74 Å². The van der Waals surface area contributed by atoms with E-state index in [1.807, 2.05) is 37.3 Å². The van der Waals surface area contributed by atoms with E-state index in [9.17, 15) is 4.79 Å². The van der Waals surface area contributed by atoms with Crippen molar-refractivity contribution in [1.29, 1.82) is 0 Å². The van der Waals surface area contributed by atoms with Crippen LogP contribution in [0.3, 0.4) is 0 Å². The van der Waals surface area contributed by atoms with Crippen LogP contribution in [0.25, 0.3) is 11.3 Å². The highest BCUT2D eigenvalue weighted by molar-refractivity contribution is 5.92. The van der Waals surface area contributed by atoms with Gasteiger partial charge >= 0.3 is 0 Å². The van der Waals surface area contributed by atoms with Gasteiger partial charge in [-0.25, -0.2) is 0 Å². The summed E-state index contributed by atoms with van der Waals surface area (Å²) in [6, 6.07) is 11.3. The van der Waals surface area contributed by atoms with Crippen LogP contribution >= 0.6 is 0 Å². The highest BCUT2D eigenvalue weighted by Crippen LogP contribution is 2.37. The van der Waals surface area contributed by atoms with Crippen molar-refractivity contribution < 1.29 is 18.5 Å². The normalized spacial score (nSPS) is 19.8. The van der Waals surface area contributed by atoms with Gasteiger partial charge in [-0.2, -0.15) is 0 Å². The molecular weight excluding hydrogens is 360 g/mol. The Morgan fingerprint density at radius 1 is 1.29 bits per heavy atom. The number of methoxy groups -OCH3 is 1. The van der Waals surface area contributed by atoms with Crippen LogP contribution in [0.2, 0.25) is 0 Å². The summed E-state index contributed by atoms with van der Waals surface area (Å²) in [4.78, 5) is 12.4. The van der Waals surface area contributed by atoms with Crippen molar-refractivity contribution in [3.05, 3.63) is 53.9 Å². The molecule has 1 aromatic carbocycles. The standard InChI is InChI=1S/C20H22N4O4/c1-3-16(26-2)20-23-22-19(27-20)13-9-14(10-13)21-18(25)17-11-15(24-28-17)12-7-5-4-6-8-12/h4-8,11,13-14,16H,3,9-10H2,1-2H3,(H,21,25). The van der Waals surface area contributed by atoms with Gasteiger partial charge in [0.05, 0.1) is 0 Å². The molecule has 0 saturated heterocycles. The van der Waals surface area contributed by atoms with E-state index in [0.29, 0.717) is 17.5 Å². The molecule has 0 aliphatic heterocycles. The highest BCUT2D eigenvalue weighted by Gasteiger charge is 2.36. The molecule has 0 bridgehead atoms. The lowest BCUT2D eigenvalue weighted by Crippen LogP contribution is -2.43. The molecule has 8 nitrogen and oxygen atoms in total. The Morgan fingerprint density at radius 3 is 2.79 bits per heavy atom. The largest absolute Gasteiger partial charge is 0.422 e. The van der Waals surface area contributed by atoms with Gasteiger partial charge in [-0.1, -0.05) is 42.4 Å². The van der Waals surface area contributed by atoms with E-state index < -0.39 is 0 Å². The van der Waals surface area contributed by atoms with Gasteiger partial charge in [-0.3, -0.25) is 4.79 Å². The van der Waals surface area contributed by atoms with Gasteiger partial charge in [0.1, 0.15) is 11.8 Å². The minimum atomic E-state index is -0.269. The minimum Gasteiger partial charge on any atom is -0.422 e. The molecule has 28 heavy (non-hydrogen) atoms. The van der Waals surface area contributed by atoms with Crippen molar-refractivity contribution >= 4 is 5.91 Å². The Bertz CT molecular complexity index is 927. The maximum atomic E-state index is 12.4. The SMILES string of the molecule is CCC(OC)c1nnc(C2CC(NC(=O)c3cc(-c4ccccc4)no3)C2)o1. The molecule has 1 amide bonds. The van der Waals surface area contributed by atoms with Crippen molar-refractivity contribution in [2.24, 2.45) is 0 Å². The summed E-state index contributed by atoms with van der Waals surface area (Å²) >= 11 is 0. The first-order valence-corrected chi connectivity index (χ1v) is 9.37. The number of aromatic nitrogens is 3. The third kappa shape index (κ3) is 3.68. The van der Waals surface area contributed by atoms with Crippen LogP contribution in [0, 0.1) is 0 Å². The predicted octanol–water partition coefficient (Wildman–Crippen LogP) is 3.50. The second-order valence-corrected chi connectivity index (χ2v) is 6.89. The number of carbonyl (C=O) groups excluding carboxylic acids is 1. The molecule has 0 radical (unpaired) electrons. The number of hydrogen-bond donors (Lipinski definition) is 1. The first kappa shape index (κ1) is 18.4. The van der Waals surface area contributed by atoms with Crippen molar-refractivity contribution in [2.45, 2.75) is 44.2 Å². The van der Waals surface area contributed by atoms with Gasteiger partial charge in [-0.05, 0) is 19.3 Å². The first-order chi connectivity index (χ1) is 13.7. The number of nitrogens with zero attached hydrogens (tertiary/aromatic N) is 3. The number of nitrogens with one attached hydrogen (secondary N) is 1. The number of hydrogen-bond acceptors (Lipinski definition) is 7. The number of amides is 1. The Kier molecular flexibility index (Phi) is 5.21. The van der Waals surface area contributed by atoms with Gasteiger partial charge < -0.3 is 19.0 Å². The summed E-state index contributed by atoms with van der Waals surface area (Å²) in [5.74, 6) is 1.18. The van der Waals surface area contributed by atoms with Gasteiger partial charge in [0, 0.05) is 30.7 Å². The molecule has 1 aliphatic rings. The molecule has 2 heterocycles. The van der Waals surface area contributed by atoms with Gasteiger partial charge in [-0.15, -0.1) is 10.2 Å². The van der Waals surface area contributed by atoms with E-state index in [1.165, 1.54) is 0 Å². The first-order valence-electron chi connectivity index (χ1n) is 9.37. The Hall–Kier alpha value is -3.00. The zero-order valence-corrected chi connectivity index (χ0v) is 15.8. The van der Waals surface area contributed by atoms with Crippen LogP contribution in [-0.4, -0.2) is 34.4 Å². The Balaban J connectivity index is 1.31. The van der Waals surface area contributed by atoms with Crippen molar-refractivity contribution in [3.8, 4) is 11.3 Å². The molecule has 1 N–H and O–H groups in total. The molecule has 1 atom stereocenters. The van der Waals surface area contributed by atoms with Crippen LogP contribution in [0.4, 0.5) is 0 Å². The maximum absolute atomic E-state index is 12.4. The van der Waals surface area contributed by atoms with E-state index in [4.69, 9.17) is 13.7 Å². The second kappa shape index (κ2) is 7.93. The summed E-state index contributed by atoms with van der Waals surface area (Å²) < 4.78 is 16.3. The van der Waals surface area contributed by atoms with E-state index in [2.05, 4.69) is 20.7 Å². The predicted molar refractivity (Wildman–Crippen MR) is 99.5 cm³/mol. The van der Waals surface area contributed by atoms with Crippen molar-refractivity contribution in [2.75, 3.05) is 7.11 Å². The topological polar surface area (TPSA) is 103 Å². The number of ether oxygens (including phenoxy) is 1. The lowest BCUT2D eigenvalue weighted by Gasteiger charge is -2.33. The average Bonchev–Trinajstić information content (AvgIpc) is 3.36. The Labute approximate surface area is 162 Å². The lowest BCUT2D eigenvalue weighted by molar-refractivity contribution is 0.0731. The molecule has 4 rings (SSSR count). The van der Waals surface area contributed by atoms with E-state index in [1.54, 1.807) is 13.2 Å². The zero-order valence-electron chi connectivity index (χ0n) is 15.8. The fourth-order valence-corrected chi connectivity index (χ4v) is 3.30. The molecule has 1 aliphatic carbocycles. The minimum absolute atomic E-state index is 0.0440. The Morgan fingerprint density at radius 2 is 2.07 bits per heavy atom. The van der Waals surface area contributed by atoms with E-state index in [-0.39, 0.29) is 29.7 Å². The number of benzene rings is 1.